The minimum Gasteiger partial charge on any atom is -0.492 e. The van der Waals surface area contributed by atoms with E-state index in [9.17, 15) is 9.90 Å². The molecule has 1 N–H and O–H groups in total. The molecule has 3 unspecified atom stereocenters. The van der Waals surface area contributed by atoms with Crippen molar-refractivity contribution in [2.24, 2.45) is 5.92 Å². The predicted octanol–water partition coefficient (Wildman–Crippen LogP) is 5.27. The number of aliphatic hydroxyl groups is 1. The number of thiol groups is 1. The first kappa shape index (κ1) is 27.2. The highest BCUT2D eigenvalue weighted by Crippen LogP contribution is 2.28. The number of nitrogens with zero attached hydrogens (tertiary/aromatic N) is 1. The number of rotatable bonds is 11. The van der Waals surface area contributed by atoms with Crippen LogP contribution >= 0.6 is 35.2 Å². The molecule has 0 spiro atoms. The Hall–Kier alpha value is -1.36. The zero-order chi connectivity index (χ0) is 24.5. The van der Waals surface area contributed by atoms with Crippen LogP contribution in [-0.4, -0.2) is 48.6 Å². The number of carbonyl (C=O) groups is 1. The van der Waals surface area contributed by atoms with Crippen molar-refractivity contribution in [1.29, 1.82) is 0 Å². The zero-order valence-electron chi connectivity index (χ0n) is 19.8. The molecule has 1 aliphatic rings. The number of methoxy groups -OCH3 is 1. The number of aryl methyl sites for hydroxylation is 2. The van der Waals surface area contributed by atoms with Gasteiger partial charge in [0.2, 0.25) is 0 Å². The Morgan fingerprint density at radius 2 is 2.18 bits per heavy atom. The summed E-state index contributed by atoms with van der Waals surface area (Å²) in [5.74, 6) is 0.463. The van der Waals surface area contributed by atoms with Gasteiger partial charge in [-0.1, -0.05) is 13.0 Å². The van der Waals surface area contributed by atoms with Gasteiger partial charge >= 0.3 is 5.97 Å². The quantitative estimate of drug-likeness (QED) is 0.159. The molecule has 34 heavy (non-hydrogen) atoms. The van der Waals surface area contributed by atoms with Crippen molar-refractivity contribution < 1.29 is 24.1 Å². The first-order valence-electron chi connectivity index (χ1n) is 11.9. The molecule has 3 atom stereocenters. The summed E-state index contributed by atoms with van der Waals surface area (Å²) in [7, 11) is 1.36. The Kier molecular flexibility index (Phi) is 10.9. The van der Waals surface area contributed by atoms with Gasteiger partial charge in [-0.15, -0.1) is 12.6 Å². The lowest BCUT2D eigenvalue weighted by atomic mass is 9.93. The van der Waals surface area contributed by atoms with E-state index in [1.807, 2.05) is 19.2 Å². The number of benzene rings is 1. The van der Waals surface area contributed by atoms with Crippen molar-refractivity contribution in [1.82, 2.24) is 4.98 Å². The molecule has 0 bridgehead atoms. The van der Waals surface area contributed by atoms with Crippen LogP contribution in [0, 0.1) is 9.62 Å². The Morgan fingerprint density at radius 1 is 1.35 bits per heavy atom. The summed E-state index contributed by atoms with van der Waals surface area (Å²) in [5, 5.41) is 9.89. The molecule has 1 saturated heterocycles. The largest absolute Gasteiger partial charge is 0.492 e. The van der Waals surface area contributed by atoms with Gasteiger partial charge in [0.25, 0.3) is 0 Å². The average Bonchev–Trinajstić information content (AvgIpc) is 2.86. The standard InChI is InChI=1S/C26H34INO5S/c1-3-20(29)6-5-19-12-17(15-28-25(19)27)4-7-21-13-18(10-11-32-21)16-33-24-9-8-22(34)14-23(24)26(30)31-2/h8-9,12,14-15,18,20-21,29,34H,3-7,10-11,13,16H2,1-2H3. The van der Waals surface area contributed by atoms with Crippen molar-refractivity contribution in [3.63, 3.8) is 0 Å². The van der Waals surface area contributed by atoms with Gasteiger partial charge in [-0.05, 0) is 103 Å². The van der Waals surface area contributed by atoms with E-state index in [1.54, 1.807) is 12.1 Å². The molecule has 0 amide bonds. The summed E-state index contributed by atoms with van der Waals surface area (Å²) in [5.41, 5.74) is 2.81. The summed E-state index contributed by atoms with van der Waals surface area (Å²) in [6.07, 6.45) is 7.94. The number of carbonyl (C=O) groups excluding carboxylic acids is 1. The maximum absolute atomic E-state index is 12.1. The second-order valence-corrected chi connectivity index (χ2v) is 10.3. The Labute approximate surface area is 221 Å². The number of hydrogen-bond acceptors (Lipinski definition) is 7. The summed E-state index contributed by atoms with van der Waals surface area (Å²) < 4.78 is 17.9. The lowest BCUT2D eigenvalue weighted by Gasteiger charge is -2.29. The third kappa shape index (κ3) is 8.10. The molecule has 0 radical (unpaired) electrons. The van der Waals surface area contributed by atoms with E-state index in [4.69, 9.17) is 14.2 Å². The van der Waals surface area contributed by atoms with E-state index in [0.717, 1.165) is 48.6 Å². The smallest absolute Gasteiger partial charge is 0.341 e. The van der Waals surface area contributed by atoms with E-state index >= 15 is 0 Å². The van der Waals surface area contributed by atoms with E-state index in [1.165, 1.54) is 18.2 Å². The third-order valence-electron chi connectivity index (χ3n) is 6.26. The average molecular weight is 600 g/mol. The van der Waals surface area contributed by atoms with Gasteiger partial charge in [-0.2, -0.15) is 0 Å². The number of esters is 1. The highest BCUT2D eigenvalue weighted by Gasteiger charge is 2.24. The van der Waals surface area contributed by atoms with Crippen LogP contribution in [0.1, 0.15) is 60.5 Å². The first-order chi connectivity index (χ1) is 16.4. The second kappa shape index (κ2) is 13.7. The van der Waals surface area contributed by atoms with E-state index in [2.05, 4.69) is 46.3 Å². The van der Waals surface area contributed by atoms with Crippen LogP contribution in [0.5, 0.6) is 5.75 Å². The number of hydrogen-bond donors (Lipinski definition) is 2. The van der Waals surface area contributed by atoms with Crippen LogP contribution in [0.15, 0.2) is 35.4 Å². The predicted molar refractivity (Wildman–Crippen MR) is 143 cm³/mol. The zero-order valence-corrected chi connectivity index (χ0v) is 22.9. The lowest BCUT2D eigenvalue weighted by Crippen LogP contribution is -2.29. The van der Waals surface area contributed by atoms with Gasteiger partial charge < -0.3 is 19.3 Å². The minimum atomic E-state index is -0.426. The summed E-state index contributed by atoms with van der Waals surface area (Å²) in [6.45, 7) is 3.25. The van der Waals surface area contributed by atoms with Gasteiger partial charge in [0.05, 0.1) is 25.9 Å². The van der Waals surface area contributed by atoms with Gasteiger partial charge in [-0.25, -0.2) is 9.78 Å². The molecule has 186 valence electrons. The first-order valence-corrected chi connectivity index (χ1v) is 13.4. The molecule has 2 aromatic rings. The van der Waals surface area contributed by atoms with Crippen molar-refractivity contribution in [2.75, 3.05) is 20.3 Å². The molecule has 0 saturated carbocycles. The summed E-state index contributed by atoms with van der Waals surface area (Å²) in [4.78, 5) is 17.3. The molecule has 3 rings (SSSR count). The van der Waals surface area contributed by atoms with Crippen molar-refractivity contribution in [2.45, 2.75) is 69.0 Å². The second-order valence-electron chi connectivity index (χ2n) is 8.80. The fraction of sp³-hybridized carbons (Fsp3) is 0.538. The van der Waals surface area contributed by atoms with Crippen LogP contribution in [0.25, 0.3) is 0 Å². The van der Waals surface area contributed by atoms with Crippen LogP contribution in [0.4, 0.5) is 0 Å². The fourth-order valence-electron chi connectivity index (χ4n) is 4.14. The molecule has 6 nitrogen and oxygen atoms in total. The van der Waals surface area contributed by atoms with Crippen LogP contribution in [0.2, 0.25) is 0 Å². The number of halogens is 1. The Balaban J connectivity index is 1.52. The normalized spacial score (nSPS) is 19.0. The maximum atomic E-state index is 12.1. The third-order valence-corrected chi connectivity index (χ3v) is 7.51. The molecular weight excluding hydrogens is 565 g/mol. The topological polar surface area (TPSA) is 77.9 Å². The van der Waals surface area contributed by atoms with E-state index < -0.39 is 5.97 Å². The lowest BCUT2D eigenvalue weighted by molar-refractivity contribution is -0.0222. The van der Waals surface area contributed by atoms with Crippen LogP contribution in [0.3, 0.4) is 0 Å². The number of ether oxygens (including phenoxy) is 3. The SMILES string of the molecule is CCC(O)CCc1cc(CCC2CC(COc3ccc(S)cc3C(=O)OC)CCO2)cnc1I. The summed E-state index contributed by atoms with van der Waals surface area (Å²) >= 11 is 6.58. The molecule has 2 heterocycles. The van der Waals surface area contributed by atoms with E-state index in [-0.39, 0.29) is 12.2 Å². The molecule has 0 aliphatic carbocycles. The van der Waals surface area contributed by atoms with Gasteiger partial charge in [-0.3, -0.25) is 0 Å². The monoisotopic (exact) mass is 599 g/mol. The fourth-order valence-corrected chi connectivity index (χ4v) is 4.91. The number of aromatic nitrogens is 1. The number of aliphatic hydroxyl groups excluding tert-OH is 1. The minimum absolute atomic E-state index is 0.173. The molecular formula is C26H34INO5S. The Morgan fingerprint density at radius 3 is 2.94 bits per heavy atom. The van der Waals surface area contributed by atoms with Gasteiger partial charge in [0, 0.05) is 17.7 Å². The molecule has 1 fully saturated rings. The summed E-state index contributed by atoms with van der Waals surface area (Å²) in [6, 6.07) is 7.47. The van der Waals surface area contributed by atoms with Crippen molar-refractivity contribution in [3.8, 4) is 5.75 Å². The van der Waals surface area contributed by atoms with E-state index in [0.29, 0.717) is 35.3 Å². The molecule has 1 aliphatic heterocycles. The van der Waals surface area contributed by atoms with Gasteiger partial charge in [0.15, 0.2) is 0 Å². The van der Waals surface area contributed by atoms with Crippen LogP contribution in [-0.2, 0) is 22.3 Å². The highest BCUT2D eigenvalue weighted by molar-refractivity contribution is 14.1. The molecule has 1 aromatic carbocycles. The molecule has 1 aromatic heterocycles. The van der Waals surface area contributed by atoms with Crippen molar-refractivity contribution in [3.05, 3.63) is 50.9 Å². The molecule has 8 heteroatoms. The Bertz CT molecular complexity index is 957. The maximum Gasteiger partial charge on any atom is 0.341 e. The number of pyridine rings is 1. The highest BCUT2D eigenvalue weighted by atomic mass is 127. The van der Waals surface area contributed by atoms with Crippen molar-refractivity contribution >= 4 is 41.2 Å². The van der Waals surface area contributed by atoms with Gasteiger partial charge in [0.1, 0.15) is 15.0 Å². The van der Waals surface area contributed by atoms with Crippen LogP contribution < -0.4 is 4.74 Å².